The van der Waals surface area contributed by atoms with E-state index < -0.39 is 0 Å². The largest absolute Gasteiger partial charge is 0.311 e. The third-order valence-corrected chi connectivity index (χ3v) is 10.4. The van der Waals surface area contributed by atoms with Crippen molar-refractivity contribution < 1.29 is 0 Å². The highest BCUT2D eigenvalue weighted by atomic mass is 15.1. The van der Waals surface area contributed by atoms with Crippen molar-refractivity contribution in [2.75, 3.05) is 4.90 Å². The van der Waals surface area contributed by atoms with Crippen molar-refractivity contribution in [3.63, 3.8) is 0 Å². The molecular weight excluding hydrogens is 655 g/mol. The molecule has 0 bridgehead atoms. The molecule has 0 aliphatic rings. The molecule has 0 saturated carbocycles. The first kappa shape index (κ1) is 31.5. The first-order valence-electron chi connectivity index (χ1n) is 18.4. The summed E-state index contributed by atoms with van der Waals surface area (Å²) in [6, 6.07) is 75.8. The van der Waals surface area contributed by atoms with E-state index >= 15 is 0 Å². The van der Waals surface area contributed by atoms with Gasteiger partial charge in [0.05, 0.1) is 11.0 Å². The van der Waals surface area contributed by atoms with Crippen LogP contribution in [-0.4, -0.2) is 9.55 Å². The van der Waals surface area contributed by atoms with E-state index in [-0.39, 0.29) is 0 Å². The van der Waals surface area contributed by atoms with E-state index in [0.29, 0.717) is 0 Å². The van der Waals surface area contributed by atoms with Crippen LogP contribution >= 0.6 is 0 Å². The molecule has 0 atom stereocenters. The molecule has 10 aromatic rings. The summed E-state index contributed by atoms with van der Waals surface area (Å²) in [4.78, 5) is 7.57. The molecule has 54 heavy (non-hydrogen) atoms. The molecule has 254 valence electrons. The Bertz CT molecular complexity index is 2890. The Labute approximate surface area is 314 Å². The first-order chi connectivity index (χ1) is 26.7. The number of fused-ring (bicyclic) bond motifs is 3. The highest BCUT2D eigenvalue weighted by molar-refractivity contribution is 5.97. The van der Waals surface area contributed by atoms with Gasteiger partial charge in [0.15, 0.2) is 0 Å². The van der Waals surface area contributed by atoms with E-state index in [2.05, 4.69) is 222 Å². The molecule has 0 aliphatic carbocycles. The molecule has 0 unspecified atom stereocenters. The first-order valence-corrected chi connectivity index (χ1v) is 18.4. The summed E-state index contributed by atoms with van der Waals surface area (Å²) < 4.78 is 2.28. The number of imidazole rings is 1. The summed E-state index contributed by atoms with van der Waals surface area (Å²) in [7, 11) is 0. The fourth-order valence-corrected chi connectivity index (χ4v) is 7.61. The summed E-state index contributed by atoms with van der Waals surface area (Å²) in [5.74, 6) is 0.913. The molecule has 3 nitrogen and oxygen atoms in total. The highest BCUT2D eigenvalue weighted by Gasteiger charge is 2.18. The van der Waals surface area contributed by atoms with Crippen molar-refractivity contribution in [1.82, 2.24) is 9.55 Å². The van der Waals surface area contributed by atoms with Crippen molar-refractivity contribution in [2.45, 2.75) is 0 Å². The van der Waals surface area contributed by atoms with Gasteiger partial charge >= 0.3 is 0 Å². The van der Waals surface area contributed by atoms with E-state index in [1.807, 2.05) is 0 Å². The number of benzene rings is 9. The van der Waals surface area contributed by atoms with Crippen molar-refractivity contribution in [1.29, 1.82) is 0 Å². The summed E-state index contributed by atoms with van der Waals surface area (Å²) in [5, 5.41) is 4.88. The molecule has 0 N–H and O–H groups in total. The normalized spacial score (nSPS) is 11.3. The summed E-state index contributed by atoms with van der Waals surface area (Å²) in [6.07, 6.45) is 0. The maximum Gasteiger partial charge on any atom is 0.145 e. The van der Waals surface area contributed by atoms with Crippen LogP contribution in [0.3, 0.4) is 0 Å². The van der Waals surface area contributed by atoms with Crippen LogP contribution in [0.15, 0.2) is 212 Å². The fraction of sp³-hybridized carbons (Fsp3) is 0. The lowest BCUT2D eigenvalue weighted by molar-refractivity contribution is 1.10. The molecule has 3 heteroatoms. The second-order valence-electron chi connectivity index (χ2n) is 13.7. The van der Waals surface area contributed by atoms with Gasteiger partial charge in [0.1, 0.15) is 5.82 Å². The Morgan fingerprint density at radius 2 is 0.778 bits per heavy atom. The predicted molar refractivity (Wildman–Crippen MR) is 227 cm³/mol. The van der Waals surface area contributed by atoms with E-state index in [1.54, 1.807) is 0 Å². The topological polar surface area (TPSA) is 21.1 Å². The SMILES string of the molecule is c1ccc(-c2ccc(N(c3ccc(-c4ccc5ccccc5c4)cc3)c3ccc(-c4nc5cc6ccccc6cc5n4-c4ccccc4)cc3)cc2)cc1. The number of anilines is 3. The minimum absolute atomic E-state index is 0.913. The molecule has 0 spiro atoms. The maximum atomic E-state index is 5.25. The van der Waals surface area contributed by atoms with Gasteiger partial charge in [-0.3, -0.25) is 4.57 Å². The quantitative estimate of drug-likeness (QED) is 0.166. The minimum Gasteiger partial charge on any atom is -0.311 e. The third kappa shape index (κ3) is 5.78. The van der Waals surface area contributed by atoms with Gasteiger partial charge in [0.25, 0.3) is 0 Å². The fourth-order valence-electron chi connectivity index (χ4n) is 7.61. The third-order valence-electron chi connectivity index (χ3n) is 10.4. The van der Waals surface area contributed by atoms with Gasteiger partial charge in [-0.1, -0.05) is 133 Å². The highest BCUT2D eigenvalue weighted by Crippen LogP contribution is 2.39. The molecule has 1 aromatic heterocycles. The number of aromatic nitrogens is 2. The van der Waals surface area contributed by atoms with Crippen LogP contribution in [0.25, 0.3) is 71.9 Å². The van der Waals surface area contributed by atoms with Crippen LogP contribution in [-0.2, 0) is 0 Å². The standard InChI is InChI=1S/C51H35N3/c1-3-11-36(12-4-1)38-21-27-46(28-22-38)53(47-29-23-39(24-30-47)44-20-19-37-13-7-8-14-41(37)33-44)48-31-25-40(26-32-48)51-52-49-34-42-15-9-10-16-43(42)35-50(49)54(51)45-17-5-2-6-18-45/h1-35H. The Kier molecular flexibility index (Phi) is 7.81. The monoisotopic (exact) mass is 689 g/mol. The van der Waals surface area contributed by atoms with Crippen molar-refractivity contribution in [3.05, 3.63) is 212 Å². The smallest absolute Gasteiger partial charge is 0.145 e. The molecule has 0 saturated heterocycles. The van der Waals surface area contributed by atoms with E-state index in [4.69, 9.17) is 4.98 Å². The number of rotatable bonds is 7. The van der Waals surface area contributed by atoms with Gasteiger partial charge in [-0.15, -0.1) is 0 Å². The lowest BCUT2D eigenvalue weighted by Gasteiger charge is -2.26. The van der Waals surface area contributed by atoms with Gasteiger partial charge in [-0.05, 0) is 123 Å². The molecule has 1 heterocycles. The lowest BCUT2D eigenvalue weighted by Crippen LogP contribution is -2.10. The van der Waals surface area contributed by atoms with Crippen molar-refractivity contribution in [3.8, 4) is 39.3 Å². The van der Waals surface area contributed by atoms with Gasteiger partial charge in [-0.25, -0.2) is 4.98 Å². The number of hydrogen-bond donors (Lipinski definition) is 0. The van der Waals surface area contributed by atoms with Crippen molar-refractivity contribution in [2.24, 2.45) is 0 Å². The average molecular weight is 690 g/mol. The van der Waals surface area contributed by atoms with Gasteiger partial charge < -0.3 is 4.90 Å². The van der Waals surface area contributed by atoms with Crippen LogP contribution in [0.2, 0.25) is 0 Å². The van der Waals surface area contributed by atoms with E-state index in [0.717, 1.165) is 45.2 Å². The Morgan fingerprint density at radius 1 is 0.333 bits per heavy atom. The van der Waals surface area contributed by atoms with Crippen LogP contribution in [0.4, 0.5) is 17.1 Å². The molecule has 10 rings (SSSR count). The lowest BCUT2D eigenvalue weighted by atomic mass is 10.0. The van der Waals surface area contributed by atoms with Gasteiger partial charge in [0.2, 0.25) is 0 Å². The zero-order valence-electron chi connectivity index (χ0n) is 29.5. The van der Waals surface area contributed by atoms with E-state index in [9.17, 15) is 0 Å². The second-order valence-corrected chi connectivity index (χ2v) is 13.7. The predicted octanol–water partition coefficient (Wildman–Crippen LogP) is 13.8. The summed E-state index contributed by atoms with van der Waals surface area (Å²) in [6.45, 7) is 0. The second kappa shape index (κ2) is 13.4. The molecular formula is C51H35N3. The Morgan fingerprint density at radius 3 is 1.39 bits per heavy atom. The zero-order chi connectivity index (χ0) is 35.8. The van der Waals surface area contributed by atoms with Crippen LogP contribution in [0.1, 0.15) is 0 Å². The number of para-hydroxylation sites is 1. The number of nitrogens with zero attached hydrogens (tertiary/aromatic N) is 3. The average Bonchev–Trinajstić information content (AvgIpc) is 3.62. The Hall–Kier alpha value is -7.23. The Balaban J connectivity index is 1.06. The minimum atomic E-state index is 0.913. The summed E-state index contributed by atoms with van der Waals surface area (Å²) in [5.41, 5.74) is 12.2. The van der Waals surface area contributed by atoms with Gasteiger partial charge in [-0.2, -0.15) is 0 Å². The molecule has 0 radical (unpaired) electrons. The summed E-state index contributed by atoms with van der Waals surface area (Å²) >= 11 is 0. The van der Waals surface area contributed by atoms with Gasteiger partial charge in [0, 0.05) is 28.3 Å². The van der Waals surface area contributed by atoms with Crippen LogP contribution in [0.5, 0.6) is 0 Å². The molecule has 0 amide bonds. The number of hydrogen-bond acceptors (Lipinski definition) is 2. The maximum absolute atomic E-state index is 5.25. The zero-order valence-corrected chi connectivity index (χ0v) is 29.5. The van der Waals surface area contributed by atoms with Crippen LogP contribution in [0, 0.1) is 0 Å². The van der Waals surface area contributed by atoms with Crippen molar-refractivity contribution >= 4 is 49.6 Å². The molecule has 0 fully saturated rings. The molecule has 9 aromatic carbocycles. The van der Waals surface area contributed by atoms with E-state index in [1.165, 1.54) is 43.8 Å². The molecule has 0 aliphatic heterocycles. The van der Waals surface area contributed by atoms with Crippen LogP contribution < -0.4 is 4.90 Å².